The van der Waals surface area contributed by atoms with E-state index in [2.05, 4.69) is 33.6 Å². The van der Waals surface area contributed by atoms with Gasteiger partial charge in [-0.2, -0.15) is 0 Å². The van der Waals surface area contributed by atoms with Gasteiger partial charge in [-0.25, -0.2) is 14.2 Å². The first kappa shape index (κ1) is 18.4. The van der Waals surface area contributed by atoms with Crippen molar-refractivity contribution in [3.05, 3.63) is 48.3 Å². The number of amides is 2. The molecule has 0 spiro atoms. The van der Waals surface area contributed by atoms with Gasteiger partial charge in [0.05, 0.1) is 0 Å². The van der Waals surface area contributed by atoms with E-state index in [1.807, 2.05) is 12.4 Å². The zero-order chi connectivity index (χ0) is 18.5. The molecule has 7 heteroatoms. The van der Waals surface area contributed by atoms with Gasteiger partial charge in [0.25, 0.3) is 0 Å². The lowest BCUT2D eigenvalue weighted by atomic mass is 10.2. The lowest BCUT2D eigenvalue weighted by Crippen LogP contribution is -2.50. The number of carbonyl (C=O) groups excluding carboxylic acids is 1. The third kappa shape index (κ3) is 4.60. The Balaban J connectivity index is 1.44. The molecule has 0 unspecified atom stereocenters. The lowest BCUT2D eigenvalue weighted by Gasteiger charge is -2.34. The van der Waals surface area contributed by atoms with E-state index in [0.717, 1.165) is 32.0 Å². The fraction of sp³-hybridized carbons (Fsp3) is 0.474. The van der Waals surface area contributed by atoms with Gasteiger partial charge < -0.3 is 14.8 Å². The summed E-state index contributed by atoms with van der Waals surface area (Å²) in [6, 6.07) is 5.69. The van der Waals surface area contributed by atoms with E-state index in [4.69, 9.17) is 0 Å². The summed E-state index contributed by atoms with van der Waals surface area (Å²) in [4.78, 5) is 20.9. The molecule has 2 aromatic rings. The van der Waals surface area contributed by atoms with Crippen LogP contribution in [-0.4, -0.2) is 58.1 Å². The van der Waals surface area contributed by atoms with Crippen molar-refractivity contribution in [3.8, 4) is 0 Å². The number of hydrogen-bond acceptors (Lipinski definition) is 3. The fourth-order valence-electron chi connectivity index (χ4n) is 3.17. The molecule has 1 aliphatic heterocycles. The van der Waals surface area contributed by atoms with Gasteiger partial charge in [-0.3, -0.25) is 4.90 Å². The van der Waals surface area contributed by atoms with Gasteiger partial charge in [-0.1, -0.05) is 13.8 Å². The first-order valence-electron chi connectivity index (χ1n) is 9.08. The molecule has 26 heavy (non-hydrogen) atoms. The Bertz CT molecular complexity index is 720. The second-order valence-corrected chi connectivity index (χ2v) is 6.90. The highest BCUT2D eigenvalue weighted by Gasteiger charge is 2.21. The lowest BCUT2D eigenvalue weighted by molar-refractivity contribution is 0.144. The van der Waals surface area contributed by atoms with E-state index in [9.17, 15) is 9.18 Å². The number of nitrogens with zero attached hydrogens (tertiary/aromatic N) is 4. The van der Waals surface area contributed by atoms with Gasteiger partial charge in [0.1, 0.15) is 11.6 Å². The van der Waals surface area contributed by atoms with E-state index < -0.39 is 0 Å². The maximum atomic E-state index is 12.9. The average molecular weight is 359 g/mol. The Kier molecular flexibility index (Phi) is 5.88. The monoisotopic (exact) mass is 359 g/mol. The number of benzene rings is 1. The van der Waals surface area contributed by atoms with Crippen LogP contribution >= 0.6 is 0 Å². The van der Waals surface area contributed by atoms with Crippen LogP contribution in [0.25, 0.3) is 0 Å². The Hall–Kier alpha value is -2.41. The van der Waals surface area contributed by atoms with Crippen molar-refractivity contribution in [2.45, 2.75) is 26.3 Å². The molecule has 1 saturated heterocycles. The number of carbonyl (C=O) groups is 1. The maximum Gasteiger partial charge on any atom is 0.321 e. The minimum absolute atomic E-state index is 0.132. The number of imidazole rings is 1. The normalized spacial score (nSPS) is 15.5. The third-order valence-electron chi connectivity index (χ3n) is 4.68. The van der Waals surface area contributed by atoms with Gasteiger partial charge in [0.15, 0.2) is 0 Å². The minimum Gasteiger partial charge on any atom is -0.333 e. The van der Waals surface area contributed by atoms with Crippen LogP contribution in [0.3, 0.4) is 0 Å². The van der Waals surface area contributed by atoms with Gasteiger partial charge >= 0.3 is 6.03 Å². The summed E-state index contributed by atoms with van der Waals surface area (Å²) in [5, 5.41) is 2.82. The van der Waals surface area contributed by atoms with E-state index in [-0.39, 0.29) is 11.8 Å². The van der Waals surface area contributed by atoms with Crippen LogP contribution in [0.4, 0.5) is 14.9 Å². The number of halogens is 1. The highest BCUT2D eigenvalue weighted by Crippen LogP contribution is 2.13. The second-order valence-electron chi connectivity index (χ2n) is 6.90. The van der Waals surface area contributed by atoms with Gasteiger partial charge in [0.2, 0.25) is 0 Å². The van der Waals surface area contributed by atoms with Crippen molar-refractivity contribution in [3.63, 3.8) is 0 Å². The molecule has 0 bridgehead atoms. The van der Waals surface area contributed by atoms with Crippen LogP contribution in [0.1, 0.15) is 25.6 Å². The summed E-state index contributed by atoms with van der Waals surface area (Å²) in [7, 11) is 0. The molecule has 0 aliphatic carbocycles. The van der Waals surface area contributed by atoms with Crippen LogP contribution in [0.2, 0.25) is 0 Å². The largest absolute Gasteiger partial charge is 0.333 e. The summed E-state index contributed by atoms with van der Waals surface area (Å²) in [5.41, 5.74) is 0.611. The number of anilines is 1. The van der Waals surface area contributed by atoms with Crippen molar-refractivity contribution in [1.82, 2.24) is 19.4 Å². The van der Waals surface area contributed by atoms with Crippen molar-refractivity contribution in [2.24, 2.45) is 0 Å². The molecule has 1 aliphatic rings. The quantitative estimate of drug-likeness (QED) is 0.893. The highest BCUT2D eigenvalue weighted by molar-refractivity contribution is 5.89. The number of nitrogens with one attached hydrogen (secondary N) is 1. The molecule has 3 rings (SSSR count). The summed E-state index contributed by atoms with van der Waals surface area (Å²) in [6.45, 7) is 9.24. The molecule has 140 valence electrons. The topological polar surface area (TPSA) is 53.4 Å². The molecule has 0 saturated carbocycles. The summed E-state index contributed by atoms with van der Waals surface area (Å²) >= 11 is 0. The highest BCUT2D eigenvalue weighted by atomic mass is 19.1. The zero-order valence-corrected chi connectivity index (χ0v) is 15.4. The van der Waals surface area contributed by atoms with E-state index >= 15 is 0 Å². The molecule has 6 nitrogen and oxygen atoms in total. The van der Waals surface area contributed by atoms with Crippen molar-refractivity contribution in [2.75, 3.05) is 38.0 Å². The first-order valence-corrected chi connectivity index (χ1v) is 9.08. The van der Waals surface area contributed by atoms with Crippen LogP contribution < -0.4 is 5.32 Å². The summed E-state index contributed by atoms with van der Waals surface area (Å²) in [6.07, 6.45) is 3.88. The van der Waals surface area contributed by atoms with Crippen molar-refractivity contribution in [1.29, 1.82) is 0 Å². The number of urea groups is 1. The number of rotatable bonds is 5. The SMILES string of the molecule is CC(C)c1nccn1CCN1CCN(C(=O)Nc2ccc(F)cc2)CC1. The number of aromatic nitrogens is 2. The molecular weight excluding hydrogens is 333 g/mol. The van der Waals surface area contributed by atoms with Crippen LogP contribution in [0, 0.1) is 5.82 Å². The van der Waals surface area contributed by atoms with Gasteiger partial charge in [0, 0.05) is 63.3 Å². The van der Waals surface area contributed by atoms with Crippen LogP contribution in [0.15, 0.2) is 36.7 Å². The molecule has 0 radical (unpaired) electrons. The van der Waals surface area contributed by atoms with Gasteiger partial charge in [-0.05, 0) is 24.3 Å². The molecule has 0 atom stereocenters. The van der Waals surface area contributed by atoms with Crippen molar-refractivity contribution < 1.29 is 9.18 Å². The molecule has 1 aromatic heterocycles. The standard InChI is InChI=1S/C19H26FN5O/c1-15(2)18-21-7-8-24(18)12-9-23-10-13-25(14-11-23)19(26)22-17-5-3-16(20)4-6-17/h3-8,15H,9-14H2,1-2H3,(H,22,26). The minimum atomic E-state index is -0.310. The molecule has 1 N–H and O–H groups in total. The molecule has 1 fully saturated rings. The number of piperazine rings is 1. The van der Waals surface area contributed by atoms with Crippen molar-refractivity contribution >= 4 is 11.7 Å². The predicted octanol–water partition coefficient (Wildman–Crippen LogP) is 3.00. The Morgan fingerprint density at radius 3 is 2.50 bits per heavy atom. The Morgan fingerprint density at radius 2 is 1.85 bits per heavy atom. The molecular formula is C19H26FN5O. The number of hydrogen-bond donors (Lipinski definition) is 1. The van der Waals surface area contributed by atoms with Crippen LogP contribution in [0.5, 0.6) is 0 Å². The van der Waals surface area contributed by atoms with E-state index in [0.29, 0.717) is 24.7 Å². The molecule has 1 aromatic carbocycles. The smallest absolute Gasteiger partial charge is 0.321 e. The maximum absolute atomic E-state index is 12.9. The Morgan fingerprint density at radius 1 is 1.15 bits per heavy atom. The fourth-order valence-corrected chi connectivity index (χ4v) is 3.17. The summed E-state index contributed by atoms with van der Waals surface area (Å²) < 4.78 is 15.1. The average Bonchev–Trinajstić information content (AvgIpc) is 3.11. The molecule has 2 heterocycles. The van der Waals surface area contributed by atoms with E-state index in [1.165, 1.54) is 12.1 Å². The van der Waals surface area contributed by atoms with E-state index in [1.54, 1.807) is 17.0 Å². The Labute approximate surface area is 153 Å². The predicted molar refractivity (Wildman–Crippen MR) is 99.7 cm³/mol. The first-order chi connectivity index (χ1) is 12.5. The second kappa shape index (κ2) is 8.31. The van der Waals surface area contributed by atoms with Gasteiger partial charge in [-0.15, -0.1) is 0 Å². The zero-order valence-electron chi connectivity index (χ0n) is 15.4. The summed E-state index contributed by atoms with van der Waals surface area (Å²) in [5.74, 6) is 1.22. The third-order valence-corrected chi connectivity index (χ3v) is 4.68. The molecule has 2 amide bonds. The van der Waals surface area contributed by atoms with Crippen LogP contribution in [-0.2, 0) is 6.54 Å².